The first-order valence-corrected chi connectivity index (χ1v) is 8.55. The second-order valence-corrected chi connectivity index (χ2v) is 9.14. The minimum atomic E-state index is 0.480. The van der Waals surface area contributed by atoms with Crippen LogP contribution in [0.1, 0.15) is 93.9 Å². The number of hydrogen-bond acceptors (Lipinski definition) is 0. The molecule has 0 aromatic rings. The fraction of sp³-hybridized carbons (Fsp3) is 1.00. The number of rotatable bonds is 5. The van der Waals surface area contributed by atoms with Crippen LogP contribution >= 0.6 is 0 Å². The minimum absolute atomic E-state index is 0.480. The predicted molar refractivity (Wildman–Crippen MR) is 87.4 cm³/mol. The van der Waals surface area contributed by atoms with Crippen LogP contribution in [0.3, 0.4) is 0 Å². The summed E-state index contributed by atoms with van der Waals surface area (Å²) in [6.45, 7) is 19.7. The zero-order valence-electron chi connectivity index (χ0n) is 14.9. The van der Waals surface area contributed by atoms with E-state index in [0.29, 0.717) is 16.2 Å². The highest BCUT2D eigenvalue weighted by molar-refractivity contribution is 4.99. The monoisotopic (exact) mass is 266 g/mol. The largest absolute Gasteiger partial charge is 0.0649 e. The van der Waals surface area contributed by atoms with Gasteiger partial charge in [0.1, 0.15) is 0 Å². The van der Waals surface area contributed by atoms with Crippen LogP contribution in [0.15, 0.2) is 0 Å². The van der Waals surface area contributed by atoms with Gasteiger partial charge in [0.15, 0.2) is 0 Å². The normalized spacial score (nSPS) is 29.5. The first kappa shape index (κ1) is 17.1. The molecule has 0 amide bonds. The third-order valence-corrected chi connectivity index (χ3v) is 6.50. The zero-order chi connectivity index (χ0) is 14.9. The van der Waals surface area contributed by atoms with E-state index in [1.165, 1.54) is 38.5 Å². The van der Waals surface area contributed by atoms with E-state index in [0.717, 1.165) is 11.8 Å². The predicted octanol–water partition coefficient (Wildman–Crippen LogP) is 6.69. The van der Waals surface area contributed by atoms with Crippen molar-refractivity contribution in [2.75, 3.05) is 0 Å². The lowest BCUT2D eigenvalue weighted by atomic mass is 9.50. The average molecular weight is 267 g/mol. The van der Waals surface area contributed by atoms with Gasteiger partial charge in [0, 0.05) is 0 Å². The van der Waals surface area contributed by atoms with E-state index < -0.39 is 0 Å². The molecule has 0 heteroatoms. The fourth-order valence-electron chi connectivity index (χ4n) is 4.25. The van der Waals surface area contributed by atoms with Gasteiger partial charge in [-0.25, -0.2) is 0 Å². The molecule has 0 aliphatic heterocycles. The highest BCUT2D eigenvalue weighted by Gasteiger charge is 2.49. The Labute approximate surface area is 122 Å². The van der Waals surface area contributed by atoms with Gasteiger partial charge in [-0.05, 0) is 53.8 Å². The summed E-state index contributed by atoms with van der Waals surface area (Å²) in [5, 5.41) is 0. The molecule has 1 saturated carbocycles. The van der Waals surface area contributed by atoms with E-state index in [1.807, 2.05) is 0 Å². The third kappa shape index (κ3) is 3.76. The van der Waals surface area contributed by atoms with Crippen LogP contribution in [0.25, 0.3) is 0 Å². The van der Waals surface area contributed by atoms with E-state index in [9.17, 15) is 0 Å². The minimum Gasteiger partial charge on any atom is -0.0649 e. The molecule has 0 spiro atoms. The van der Waals surface area contributed by atoms with Crippen molar-refractivity contribution >= 4 is 0 Å². The Morgan fingerprint density at radius 2 is 1.63 bits per heavy atom. The van der Waals surface area contributed by atoms with Crippen molar-refractivity contribution in [3.63, 3.8) is 0 Å². The van der Waals surface area contributed by atoms with Crippen LogP contribution in [-0.2, 0) is 0 Å². The molecule has 0 aromatic carbocycles. The molecule has 0 nitrogen and oxygen atoms in total. The van der Waals surface area contributed by atoms with Gasteiger partial charge in [-0.1, -0.05) is 68.2 Å². The summed E-state index contributed by atoms with van der Waals surface area (Å²) in [5.74, 6) is 1.66. The topological polar surface area (TPSA) is 0 Å². The summed E-state index contributed by atoms with van der Waals surface area (Å²) in [7, 11) is 0. The van der Waals surface area contributed by atoms with Gasteiger partial charge >= 0.3 is 0 Å². The highest BCUT2D eigenvalue weighted by Crippen LogP contribution is 2.59. The second kappa shape index (κ2) is 5.78. The fourth-order valence-corrected chi connectivity index (χ4v) is 4.25. The Bertz CT molecular complexity index is 284. The molecule has 1 aliphatic rings. The molecule has 0 radical (unpaired) electrons. The van der Waals surface area contributed by atoms with Crippen LogP contribution in [-0.4, -0.2) is 0 Å². The van der Waals surface area contributed by atoms with E-state index in [4.69, 9.17) is 0 Å². The van der Waals surface area contributed by atoms with Gasteiger partial charge in [0.25, 0.3) is 0 Å². The van der Waals surface area contributed by atoms with E-state index in [2.05, 4.69) is 55.4 Å². The molecular weight excluding hydrogens is 228 g/mol. The summed E-state index contributed by atoms with van der Waals surface area (Å²) in [6, 6.07) is 0. The zero-order valence-corrected chi connectivity index (χ0v) is 14.9. The van der Waals surface area contributed by atoms with Crippen LogP contribution in [0.5, 0.6) is 0 Å². The molecule has 2 unspecified atom stereocenters. The Kier molecular flexibility index (Phi) is 5.19. The maximum absolute atomic E-state index is 2.53. The van der Waals surface area contributed by atoms with E-state index in [-0.39, 0.29) is 0 Å². The van der Waals surface area contributed by atoms with Crippen LogP contribution in [0.4, 0.5) is 0 Å². The first-order valence-electron chi connectivity index (χ1n) is 8.55. The van der Waals surface area contributed by atoms with Crippen LogP contribution in [0, 0.1) is 28.1 Å². The molecule has 0 N–H and O–H groups in total. The van der Waals surface area contributed by atoms with E-state index >= 15 is 0 Å². The van der Waals surface area contributed by atoms with Gasteiger partial charge in [-0.3, -0.25) is 0 Å². The van der Waals surface area contributed by atoms with Crippen molar-refractivity contribution in [2.24, 2.45) is 28.1 Å². The Morgan fingerprint density at radius 3 is 2.05 bits per heavy atom. The van der Waals surface area contributed by atoms with Crippen molar-refractivity contribution in [3.8, 4) is 0 Å². The lowest BCUT2D eigenvalue weighted by Gasteiger charge is -2.55. The molecular formula is C19H38. The van der Waals surface area contributed by atoms with Crippen molar-refractivity contribution in [3.05, 3.63) is 0 Å². The average Bonchev–Trinajstić information content (AvgIpc) is 2.27. The molecule has 19 heavy (non-hydrogen) atoms. The van der Waals surface area contributed by atoms with Crippen LogP contribution in [0.2, 0.25) is 0 Å². The SMILES string of the molecule is CCC(C)(C)C1(CC(C)C(C)C)CCCC(C)(C)C1. The molecule has 1 rings (SSSR count). The van der Waals surface area contributed by atoms with Gasteiger partial charge < -0.3 is 0 Å². The second-order valence-electron chi connectivity index (χ2n) is 9.14. The summed E-state index contributed by atoms with van der Waals surface area (Å²) in [5.41, 5.74) is 1.59. The summed E-state index contributed by atoms with van der Waals surface area (Å²) >= 11 is 0. The molecule has 114 valence electrons. The molecule has 2 atom stereocenters. The molecule has 1 fully saturated rings. The molecule has 0 aromatic heterocycles. The quantitative estimate of drug-likeness (QED) is 0.520. The maximum Gasteiger partial charge on any atom is -0.0239 e. The van der Waals surface area contributed by atoms with Gasteiger partial charge in [0.2, 0.25) is 0 Å². The van der Waals surface area contributed by atoms with Crippen molar-refractivity contribution in [1.82, 2.24) is 0 Å². The summed E-state index contributed by atoms with van der Waals surface area (Å²) in [6.07, 6.45) is 8.47. The first-order chi connectivity index (χ1) is 8.55. The maximum atomic E-state index is 2.53. The molecule has 0 bridgehead atoms. The van der Waals surface area contributed by atoms with Crippen molar-refractivity contribution in [1.29, 1.82) is 0 Å². The van der Waals surface area contributed by atoms with Gasteiger partial charge in [-0.2, -0.15) is 0 Å². The highest BCUT2D eigenvalue weighted by atomic mass is 14.5. The van der Waals surface area contributed by atoms with Gasteiger partial charge in [-0.15, -0.1) is 0 Å². The van der Waals surface area contributed by atoms with Crippen molar-refractivity contribution in [2.45, 2.75) is 93.9 Å². The number of hydrogen-bond donors (Lipinski definition) is 0. The summed E-state index contributed by atoms with van der Waals surface area (Å²) in [4.78, 5) is 0. The van der Waals surface area contributed by atoms with Gasteiger partial charge in [0.05, 0.1) is 0 Å². The lowest BCUT2D eigenvalue weighted by Crippen LogP contribution is -2.45. The molecule has 0 heterocycles. The molecule has 1 aliphatic carbocycles. The third-order valence-electron chi connectivity index (χ3n) is 6.50. The Hall–Kier alpha value is 0. The smallest absolute Gasteiger partial charge is 0.0239 e. The molecule has 0 saturated heterocycles. The lowest BCUT2D eigenvalue weighted by molar-refractivity contribution is -0.0488. The summed E-state index contributed by atoms with van der Waals surface area (Å²) < 4.78 is 0. The van der Waals surface area contributed by atoms with Crippen molar-refractivity contribution < 1.29 is 0 Å². The van der Waals surface area contributed by atoms with E-state index in [1.54, 1.807) is 0 Å². The Morgan fingerprint density at radius 1 is 1.05 bits per heavy atom. The Balaban J connectivity index is 3.04. The van der Waals surface area contributed by atoms with Crippen LogP contribution < -0.4 is 0 Å². The standard InChI is InChI=1S/C19H38/c1-9-18(7,8)19(13-16(4)15(2)3)12-10-11-17(5,6)14-19/h15-16H,9-14H2,1-8H3.